The first-order chi connectivity index (χ1) is 12.4. The zero-order chi connectivity index (χ0) is 18.3. The number of hydrogen-bond acceptors (Lipinski definition) is 4. The fourth-order valence-corrected chi connectivity index (χ4v) is 2.94. The molecule has 0 saturated heterocycles. The lowest BCUT2D eigenvalue weighted by molar-refractivity contribution is -0.274. The Balaban J connectivity index is 1.70. The Hall–Kier alpha value is -2.81. The van der Waals surface area contributed by atoms with Crippen molar-refractivity contribution in [3.63, 3.8) is 0 Å². The van der Waals surface area contributed by atoms with Crippen LogP contribution in [0.2, 0.25) is 0 Å². The molecule has 0 atom stereocenters. The molecule has 0 amide bonds. The molecule has 4 rings (SSSR count). The SMILES string of the molecule is FC(F)(F)Oc1ccc(Nc2nc3ccc(Br)cc3n3ccnc23)cc1. The van der Waals surface area contributed by atoms with Gasteiger partial charge in [0.15, 0.2) is 11.5 Å². The molecule has 0 saturated carbocycles. The summed E-state index contributed by atoms with van der Waals surface area (Å²) in [6.07, 6.45) is -1.24. The van der Waals surface area contributed by atoms with Gasteiger partial charge in [0.05, 0.1) is 11.0 Å². The van der Waals surface area contributed by atoms with Crippen molar-refractivity contribution < 1.29 is 17.9 Å². The molecule has 2 heterocycles. The maximum atomic E-state index is 12.2. The van der Waals surface area contributed by atoms with Gasteiger partial charge in [-0.25, -0.2) is 9.97 Å². The minimum atomic E-state index is -4.72. The number of imidazole rings is 1. The molecule has 2 aromatic carbocycles. The molecule has 0 fully saturated rings. The molecule has 0 unspecified atom stereocenters. The van der Waals surface area contributed by atoms with E-state index in [0.29, 0.717) is 17.2 Å². The number of aromatic nitrogens is 3. The van der Waals surface area contributed by atoms with Gasteiger partial charge in [-0.1, -0.05) is 15.9 Å². The van der Waals surface area contributed by atoms with E-state index in [1.165, 1.54) is 24.3 Å². The highest BCUT2D eigenvalue weighted by Crippen LogP contribution is 2.28. The Labute approximate surface area is 153 Å². The minimum absolute atomic E-state index is 0.287. The highest BCUT2D eigenvalue weighted by atomic mass is 79.9. The van der Waals surface area contributed by atoms with Crippen molar-refractivity contribution in [1.29, 1.82) is 0 Å². The van der Waals surface area contributed by atoms with E-state index in [0.717, 1.165) is 15.5 Å². The van der Waals surface area contributed by atoms with Crippen LogP contribution in [0.5, 0.6) is 5.75 Å². The van der Waals surface area contributed by atoms with Crippen LogP contribution in [-0.4, -0.2) is 20.7 Å². The lowest BCUT2D eigenvalue weighted by Crippen LogP contribution is -2.16. The molecule has 0 bridgehead atoms. The van der Waals surface area contributed by atoms with Crippen LogP contribution in [0.4, 0.5) is 24.7 Å². The predicted octanol–water partition coefficient (Wildman–Crippen LogP) is 5.29. The summed E-state index contributed by atoms with van der Waals surface area (Å²) in [5.74, 6) is 0.208. The van der Waals surface area contributed by atoms with E-state index >= 15 is 0 Å². The Morgan fingerprint density at radius 1 is 1.08 bits per heavy atom. The van der Waals surface area contributed by atoms with Gasteiger partial charge in [-0.3, -0.25) is 4.40 Å². The Morgan fingerprint density at radius 2 is 1.85 bits per heavy atom. The first-order valence-corrected chi connectivity index (χ1v) is 8.23. The van der Waals surface area contributed by atoms with Crippen LogP contribution in [0, 0.1) is 0 Å². The first-order valence-electron chi connectivity index (χ1n) is 7.44. The van der Waals surface area contributed by atoms with Crippen molar-refractivity contribution in [2.24, 2.45) is 0 Å². The first kappa shape index (κ1) is 16.6. The summed E-state index contributed by atoms with van der Waals surface area (Å²) in [7, 11) is 0. The Morgan fingerprint density at radius 3 is 2.58 bits per heavy atom. The van der Waals surface area contributed by atoms with Gasteiger partial charge in [-0.05, 0) is 42.5 Å². The average molecular weight is 423 g/mol. The highest BCUT2D eigenvalue weighted by molar-refractivity contribution is 9.10. The third kappa shape index (κ3) is 3.30. The second-order valence-electron chi connectivity index (χ2n) is 5.41. The number of halogens is 4. The van der Waals surface area contributed by atoms with E-state index in [9.17, 15) is 13.2 Å². The van der Waals surface area contributed by atoms with Crippen LogP contribution >= 0.6 is 15.9 Å². The molecule has 0 aliphatic carbocycles. The number of rotatable bonds is 3. The van der Waals surface area contributed by atoms with Gasteiger partial charge in [0.2, 0.25) is 0 Å². The fraction of sp³-hybridized carbons (Fsp3) is 0.0588. The van der Waals surface area contributed by atoms with Gasteiger partial charge in [0.1, 0.15) is 5.75 Å². The molecule has 26 heavy (non-hydrogen) atoms. The van der Waals surface area contributed by atoms with E-state index in [2.05, 4.69) is 36.0 Å². The van der Waals surface area contributed by atoms with E-state index in [1.807, 2.05) is 28.8 Å². The number of fused-ring (bicyclic) bond motifs is 3. The molecule has 2 aromatic heterocycles. The van der Waals surface area contributed by atoms with Crippen molar-refractivity contribution in [2.75, 3.05) is 5.32 Å². The minimum Gasteiger partial charge on any atom is -0.406 e. The lowest BCUT2D eigenvalue weighted by Gasteiger charge is -2.11. The quantitative estimate of drug-likeness (QED) is 0.487. The smallest absolute Gasteiger partial charge is 0.406 e. The normalized spacial score (nSPS) is 11.8. The predicted molar refractivity (Wildman–Crippen MR) is 94.6 cm³/mol. The van der Waals surface area contributed by atoms with Crippen molar-refractivity contribution in [3.05, 3.63) is 59.3 Å². The van der Waals surface area contributed by atoms with Gasteiger partial charge in [0, 0.05) is 22.6 Å². The van der Waals surface area contributed by atoms with E-state index in [4.69, 9.17) is 0 Å². The number of ether oxygens (including phenoxy) is 1. The monoisotopic (exact) mass is 422 g/mol. The van der Waals surface area contributed by atoms with Gasteiger partial charge in [0.25, 0.3) is 0 Å². The fourth-order valence-electron chi connectivity index (χ4n) is 2.59. The summed E-state index contributed by atoms with van der Waals surface area (Å²) >= 11 is 3.44. The van der Waals surface area contributed by atoms with Crippen molar-refractivity contribution >= 4 is 44.1 Å². The molecular weight excluding hydrogens is 413 g/mol. The average Bonchev–Trinajstić information content (AvgIpc) is 3.06. The number of nitrogens with zero attached hydrogens (tertiary/aromatic N) is 3. The summed E-state index contributed by atoms with van der Waals surface area (Å²) < 4.78 is 43.4. The molecular formula is C17H10BrF3N4O. The third-order valence-electron chi connectivity index (χ3n) is 3.63. The van der Waals surface area contributed by atoms with Gasteiger partial charge in [-0.2, -0.15) is 0 Å². The van der Waals surface area contributed by atoms with Crippen molar-refractivity contribution in [2.45, 2.75) is 6.36 Å². The van der Waals surface area contributed by atoms with Crippen LogP contribution in [0.1, 0.15) is 0 Å². The van der Waals surface area contributed by atoms with Crippen LogP contribution < -0.4 is 10.1 Å². The van der Waals surface area contributed by atoms with Gasteiger partial charge in [-0.15, -0.1) is 13.2 Å². The lowest BCUT2D eigenvalue weighted by atomic mass is 10.3. The molecule has 0 radical (unpaired) electrons. The molecule has 0 aliphatic heterocycles. The number of benzene rings is 2. The molecule has 0 aliphatic rings. The van der Waals surface area contributed by atoms with Gasteiger partial charge < -0.3 is 10.1 Å². The maximum absolute atomic E-state index is 12.2. The summed E-state index contributed by atoms with van der Waals surface area (Å²) in [5.41, 5.74) is 2.80. The van der Waals surface area contributed by atoms with E-state index in [1.54, 1.807) is 6.20 Å². The highest BCUT2D eigenvalue weighted by Gasteiger charge is 2.30. The zero-order valence-electron chi connectivity index (χ0n) is 13.0. The molecule has 4 aromatic rings. The van der Waals surface area contributed by atoms with Crippen molar-refractivity contribution in [3.8, 4) is 5.75 Å². The van der Waals surface area contributed by atoms with Crippen LogP contribution in [0.25, 0.3) is 16.7 Å². The molecule has 5 nitrogen and oxygen atoms in total. The van der Waals surface area contributed by atoms with E-state index in [-0.39, 0.29) is 5.75 Å². The summed E-state index contributed by atoms with van der Waals surface area (Å²) in [6.45, 7) is 0. The van der Waals surface area contributed by atoms with Crippen molar-refractivity contribution in [1.82, 2.24) is 14.4 Å². The topological polar surface area (TPSA) is 51.5 Å². The van der Waals surface area contributed by atoms with E-state index < -0.39 is 6.36 Å². The summed E-state index contributed by atoms with van der Waals surface area (Å²) in [6, 6.07) is 11.1. The standard InChI is InChI=1S/C17H10BrF3N4O/c18-10-1-6-13-14(9-10)25-8-7-22-16(25)15(24-13)23-11-2-4-12(5-3-11)26-17(19,20)21/h1-9H,(H,23,24). The van der Waals surface area contributed by atoms with Crippen LogP contribution in [-0.2, 0) is 0 Å². The maximum Gasteiger partial charge on any atom is 0.573 e. The second-order valence-corrected chi connectivity index (χ2v) is 6.33. The number of nitrogens with one attached hydrogen (secondary N) is 1. The van der Waals surface area contributed by atoms with Crippen LogP contribution in [0.3, 0.4) is 0 Å². The summed E-state index contributed by atoms with van der Waals surface area (Å²) in [4.78, 5) is 8.88. The largest absolute Gasteiger partial charge is 0.573 e. The number of hydrogen-bond donors (Lipinski definition) is 1. The Kier molecular flexibility index (Phi) is 3.95. The number of alkyl halides is 3. The van der Waals surface area contributed by atoms with Crippen LogP contribution in [0.15, 0.2) is 59.3 Å². The number of anilines is 2. The second kappa shape index (κ2) is 6.17. The molecule has 132 valence electrons. The Bertz CT molecular complexity index is 1090. The zero-order valence-corrected chi connectivity index (χ0v) is 14.5. The van der Waals surface area contributed by atoms with Gasteiger partial charge >= 0.3 is 6.36 Å². The molecule has 9 heteroatoms. The third-order valence-corrected chi connectivity index (χ3v) is 4.13. The molecule has 0 spiro atoms. The molecule has 1 N–H and O–H groups in total. The summed E-state index contributed by atoms with van der Waals surface area (Å²) in [5, 5.41) is 3.09.